The standard InChI is InChI=1S/C23H20F2N2O4S2/c24-17-5-3-16(4-6-17)14-19(21-2-1-13-32-21)23(28)26-18-7-8-20(25)22(15-18)33(29,30)27-9-11-31-12-10-27/h1-8,13-15H,9-12H2,(H,26,28)/b19-14+. The number of hydrogen-bond acceptors (Lipinski definition) is 5. The fraction of sp³-hybridized carbons (Fsp3) is 0.174. The largest absolute Gasteiger partial charge is 0.379 e. The number of morpholine rings is 1. The van der Waals surface area contributed by atoms with Crippen LogP contribution in [0.25, 0.3) is 11.6 Å². The van der Waals surface area contributed by atoms with E-state index < -0.39 is 32.5 Å². The highest BCUT2D eigenvalue weighted by atomic mass is 32.2. The van der Waals surface area contributed by atoms with Gasteiger partial charge in [-0.25, -0.2) is 17.2 Å². The van der Waals surface area contributed by atoms with E-state index in [2.05, 4.69) is 5.32 Å². The van der Waals surface area contributed by atoms with Crippen molar-refractivity contribution in [1.82, 2.24) is 4.31 Å². The first-order valence-electron chi connectivity index (χ1n) is 10.0. The van der Waals surface area contributed by atoms with Gasteiger partial charge in [0, 0.05) is 23.7 Å². The number of amides is 1. The third kappa shape index (κ3) is 5.36. The number of carbonyl (C=O) groups excluding carboxylic acids is 1. The lowest BCUT2D eigenvalue weighted by Crippen LogP contribution is -2.40. The molecular formula is C23H20F2N2O4S2. The molecule has 0 atom stereocenters. The minimum Gasteiger partial charge on any atom is -0.379 e. The Balaban J connectivity index is 1.64. The molecule has 33 heavy (non-hydrogen) atoms. The summed E-state index contributed by atoms with van der Waals surface area (Å²) in [6.07, 6.45) is 1.61. The second kappa shape index (κ2) is 9.92. The molecule has 0 radical (unpaired) electrons. The highest BCUT2D eigenvalue weighted by Crippen LogP contribution is 2.27. The summed E-state index contributed by atoms with van der Waals surface area (Å²) in [6.45, 7) is 0.716. The molecule has 0 spiro atoms. The van der Waals surface area contributed by atoms with Gasteiger partial charge in [0.25, 0.3) is 5.91 Å². The molecule has 1 fully saturated rings. The quantitative estimate of drug-likeness (QED) is 0.525. The second-order valence-corrected chi connectivity index (χ2v) is 10.1. The number of carbonyl (C=O) groups is 1. The highest BCUT2D eigenvalue weighted by Gasteiger charge is 2.29. The third-order valence-corrected chi connectivity index (χ3v) is 7.81. The summed E-state index contributed by atoms with van der Waals surface area (Å²) in [5.74, 6) is -1.81. The minimum atomic E-state index is -4.09. The van der Waals surface area contributed by atoms with Crippen LogP contribution in [0, 0.1) is 11.6 Å². The summed E-state index contributed by atoms with van der Waals surface area (Å²) < 4.78 is 59.9. The van der Waals surface area contributed by atoms with Gasteiger partial charge in [-0.05, 0) is 53.4 Å². The zero-order valence-corrected chi connectivity index (χ0v) is 19.0. The van der Waals surface area contributed by atoms with Crippen molar-refractivity contribution in [1.29, 1.82) is 0 Å². The highest BCUT2D eigenvalue weighted by molar-refractivity contribution is 7.89. The molecule has 1 aliphatic heterocycles. The van der Waals surface area contributed by atoms with Crippen LogP contribution in [0.1, 0.15) is 10.4 Å². The number of benzene rings is 2. The van der Waals surface area contributed by atoms with Crippen molar-refractivity contribution in [2.45, 2.75) is 4.90 Å². The summed E-state index contributed by atoms with van der Waals surface area (Å²) >= 11 is 1.34. The van der Waals surface area contributed by atoms with Gasteiger partial charge in [-0.2, -0.15) is 4.31 Å². The maximum atomic E-state index is 14.5. The number of anilines is 1. The fourth-order valence-corrected chi connectivity index (χ4v) is 5.55. The lowest BCUT2D eigenvalue weighted by atomic mass is 10.1. The van der Waals surface area contributed by atoms with E-state index in [1.54, 1.807) is 30.3 Å². The van der Waals surface area contributed by atoms with Crippen molar-refractivity contribution in [3.05, 3.63) is 82.1 Å². The van der Waals surface area contributed by atoms with E-state index in [-0.39, 0.29) is 32.0 Å². The molecule has 2 heterocycles. The first kappa shape index (κ1) is 23.2. The van der Waals surface area contributed by atoms with Crippen molar-refractivity contribution >= 4 is 44.6 Å². The van der Waals surface area contributed by atoms with Gasteiger partial charge in [-0.3, -0.25) is 4.79 Å². The van der Waals surface area contributed by atoms with Gasteiger partial charge in [-0.15, -0.1) is 11.3 Å². The number of sulfonamides is 1. The molecule has 1 N–H and O–H groups in total. The Morgan fingerprint density at radius 1 is 1.06 bits per heavy atom. The van der Waals surface area contributed by atoms with E-state index in [9.17, 15) is 22.0 Å². The van der Waals surface area contributed by atoms with Crippen LogP contribution in [-0.4, -0.2) is 44.9 Å². The predicted molar refractivity (Wildman–Crippen MR) is 123 cm³/mol. The van der Waals surface area contributed by atoms with E-state index in [1.165, 1.54) is 29.5 Å². The average Bonchev–Trinajstić information content (AvgIpc) is 3.35. The summed E-state index contributed by atoms with van der Waals surface area (Å²) in [4.78, 5) is 13.3. The first-order valence-corrected chi connectivity index (χ1v) is 12.4. The summed E-state index contributed by atoms with van der Waals surface area (Å²) in [5.41, 5.74) is 1.05. The van der Waals surface area contributed by atoms with Crippen LogP contribution in [0.4, 0.5) is 14.5 Å². The van der Waals surface area contributed by atoms with Gasteiger partial charge in [0.15, 0.2) is 0 Å². The Labute approximate surface area is 194 Å². The van der Waals surface area contributed by atoms with Crippen molar-refractivity contribution in [2.75, 3.05) is 31.6 Å². The van der Waals surface area contributed by atoms with E-state index in [0.29, 0.717) is 16.0 Å². The van der Waals surface area contributed by atoms with Gasteiger partial charge in [0.1, 0.15) is 16.5 Å². The molecular weight excluding hydrogens is 470 g/mol. The number of nitrogens with one attached hydrogen (secondary N) is 1. The fourth-order valence-electron chi connectivity index (χ4n) is 3.31. The topological polar surface area (TPSA) is 75.7 Å². The minimum absolute atomic E-state index is 0.126. The second-order valence-electron chi connectivity index (χ2n) is 7.20. The van der Waals surface area contributed by atoms with Gasteiger partial charge in [-0.1, -0.05) is 18.2 Å². The van der Waals surface area contributed by atoms with Crippen LogP contribution in [0.15, 0.2) is 64.9 Å². The van der Waals surface area contributed by atoms with Crippen LogP contribution in [-0.2, 0) is 19.6 Å². The molecule has 1 saturated heterocycles. The Hall–Kier alpha value is -2.92. The van der Waals surface area contributed by atoms with E-state index in [1.807, 2.05) is 5.38 Å². The molecule has 6 nitrogen and oxygen atoms in total. The summed E-state index contributed by atoms with van der Waals surface area (Å²) in [5, 5.41) is 4.47. The van der Waals surface area contributed by atoms with E-state index in [0.717, 1.165) is 16.4 Å². The van der Waals surface area contributed by atoms with Crippen LogP contribution in [0.5, 0.6) is 0 Å². The van der Waals surface area contributed by atoms with Crippen LogP contribution < -0.4 is 5.32 Å². The maximum absolute atomic E-state index is 14.5. The third-order valence-electron chi connectivity index (χ3n) is 4.99. The average molecular weight is 491 g/mol. The molecule has 1 aliphatic rings. The number of thiophene rings is 1. The molecule has 0 aliphatic carbocycles. The molecule has 10 heteroatoms. The zero-order chi connectivity index (χ0) is 23.4. The Kier molecular flexibility index (Phi) is 6.99. The van der Waals surface area contributed by atoms with Gasteiger partial charge < -0.3 is 10.1 Å². The Morgan fingerprint density at radius 3 is 2.45 bits per heavy atom. The number of nitrogens with zero attached hydrogens (tertiary/aromatic N) is 1. The first-order chi connectivity index (χ1) is 15.8. The van der Waals surface area contributed by atoms with E-state index in [4.69, 9.17) is 4.74 Å². The summed E-state index contributed by atoms with van der Waals surface area (Å²) in [6, 6.07) is 12.6. The summed E-state index contributed by atoms with van der Waals surface area (Å²) in [7, 11) is -4.09. The number of rotatable bonds is 6. The molecule has 1 aromatic heterocycles. The SMILES string of the molecule is O=C(Nc1ccc(F)c(S(=O)(=O)N2CCOCC2)c1)/C(=C/c1ccc(F)cc1)c1cccs1. The van der Waals surface area contributed by atoms with E-state index >= 15 is 0 Å². The van der Waals surface area contributed by atoms with Gasteiger partial charge in [0.05, 0.1) is 18.8 Å². The molecule has 3 aromatic rings. The van der Waals surface area contributed by atoms with Gasteiger partial charge in [0.2, 0.25) is 10.0 Å². The Bertz CT molecular complexity index is 1270. The molecule has 2 aromatic carbocycles. The lowest BCUT2D eigenvalue weighted by Gasteiger charge is -2.26. The molecule has 172 valence electrons. The van der Waals surface area contributed by atoms with Crippen LogP contribution in [0.2, 0.25) is 0 Å². The van der Waals surface area contributed by atoms with Crippen molar-refractivity contribution < 1.29 is 26.7 Å². The predicted octanol–water partition coefficient (Wildman–Crippen LogP) is 4.23. The zero-order valence-electron chi connectivity index (χ0n) is 17.3. The molecule has 0 unspecified atom stereocenters. The van der Waals surface area contributed by atoms with Crippen molar-refractivity contribution in [2.24, 2.45) is 0 Å². The number of hydrogen-bond donors (Lipinski definition) is 1. The Morgan fingerprint density at radius 2 is 1.79 bits per heavy atom. The maximum Gasteiger partial charge on any atom is 0.257 e. The molecule has 0 bridgehead atoms. The smallest absolute Gasteiger partial charge is 0.257 e. The lowest BCUT2D eigenvalue weighted by molar-refractivity contribution is -0.111. The van der Waals surface area contributed by atoms with Crippen molar-refractivity contribution in [3.8, 4) is 0 Å². The van der Waals surface area contributed by atoms with Crippen LogP contribution in [0.3, 0.4) is 0 Å². The van der Waals surface area contributed by atoms with Crippen molar-refractivity contribution in [3.63, 3.8) is 0 Å². The van der Waals surface area contributed by atoms with Gasteiger partial charge >= 0.3 is 0 Å². The van der Waals surface area contributed by atoms with Crippen LogP contribution >= 0.6 is 11.3 Å². The molecule has 1 amide bonds. The molecule has 0 saturated carbocycles. The number of halogens is 2. The molecule has 4 rings (SSSR count). The normalized spacial score (nSPS) is 15.4. The number of ether oxygens (including phenoxy) is 1. The monoisotopic (exact) mass is 490 g/mol.